The van der Waals surface area contributed by atoms with Crippen LogP contribution in [0.1, 0.15) is 0 Å². The standard InChI is InChI=1S/C13H8BrClFN3O2S/c14-7-1-4-11(10(16)5-7)17-13(22)18-12-6-8(19(20)21)2-3-9(12)15/h1-6H,(H2,17,18,22). The fraction of sp³-hybridized carbons (Fsp3) is 0. The van der Waals surface area contributed by atoms with Gasteiger partial charge in [-0.2, -0.15) is 0 Å². The summed E-state index contributed by atoms with van der Waals surface area (Å²) >= 11 is 14.1. The molecule has 0 fully saturated rings. The van der Waals surface area contributed by atoms with Crippen LogP contribution in [0.3, 0.4) is 0 Å². The maximum absolute atomic E-state index is 13.7. The average molecular weight is 405 g/mol. The van der Waals surface area contributed by atoms with E-state index in [0.29, 0.717) is 4.47 Å². The number of benzene rings is 2. The molecule has 0 atom stereocenters. The average Bonchev–Trinajstić information content (AvgIpc) is 2.44. The van der Waals surface area contributed by atoms with Crippen LogP contribution in [0.25, 0.3) is 0 Å². The minimum atomic E-state index is -0.549. The molecule has 2 rings (SSSR count). The lowest BCUT2D eigenvalue weighted by Crippen LogP contribution is -2.20. The van der Waals surface area contributed by atoms with E-state index >= 15 is 0 Å². The number of nitrogens with zero attached hydrogens (tertiary/aromatic N) is 1. The Hall–Kier alpha value is -1.77. The van der Waals surface area contributed by atoms with Crippen LogP contribution in [0.15, 0.2) is 40.9 Å². The van der Waals surface area contributed by atoms with Gasteiger partial charge < -0.3 is 10.6 Å². The first kappa shape index (κ1) is 16.6. The number of nitrogens with one attached hydrogen (secondary N) is 2. The molecule has 5 nitrogen and oxygen atoms in total. The van der Waals surface area contributed by atoms with Crippen LogP contribution in [-0.2, 0) is 0 Å². The normalized spacial score (nSPS) is 10.1. The summed E-state index contributed by atoms with van der Waals surface area (Å²) in [5, 5.41) is 16.4. The summed E-state index contributed by atoms with van der Waals surface area (Å²) < 4.78 is 14.3. The van der Waals surface area contributed by atoms with E-state index < -0.39 is 10.7 Å². The predicted octanol–water partition coefficient (Wildman–Crippen LogP) is 4.96. The molecule has 0 aliphatic carbocycles. The highest BCUT2D eigenvalue weighted by Gasteiger charge is 2.11. The summed E-state index contributed by atoms with van der Waals surface area (Å²) in [5.41, 5.74) is 0.290. The molecule has 0 radical (unpaired) electrons. The molecule has 0 unspecified atom stereocenters. The Balaban J connectivity index is 2.15. The Morgan fingerprint density at radius 1 is 1.23 bits per heavy atom. The molecule has 2 aromatic carbocycles. The molecule has 0 aliphatic rings. The van der Waals surface area contributed by atoms with Crippen LogP contribution in [0.2, 0.25) is 5.02 Å². The van der Waals surface area contributed by atoms with Crippen molar-refractivity contribution in [3.05, 3.63) is 61.8 Å². The zero-order chi connectivity index (χ0) is 16.3. The van der Waals surface area contributed by atoms with Crippen molar-refractivity contribution in [2.75, 3.05) is 10.6 Å². The van der Waals surface area contributed by atoms with E-state index in [1.165, 1.54) is 30.3 Å². The van der Waals surface area contributed by atoms with Gasteiger partial charge in [0, 0.05) is 16.6 Å². The van der Waals surface area contributed by atoms with E-state index in [1.807, 2.05) is 0 Å². The maximum Gasteiger partial charge on any atom is 0.271 e. The summed E-state index contributed by atoms with van der Waals surface area (Å²) in [6.07, 6.45) is 0. The highest BCUT2D eigenvalue weighted by atomic mass is 79.9. The highest BCUT2D eigenvalue weighted by molar-refractivity contribution is 9.10. The Kier molecular flexibility index (Phi) is 5.28. The van der Waals surface area contributed by atoms with Crippen molar-refractivity contribution in [3.63, 3.8) is 0 Å². The van der Waals surface area contributed by atoms with E-state index in [4.69, 9.17) is 23.8 Å². The SMILES string of the molecule is O=[N+]([O-])c1ccc(Cl)c(NC(=S)Nc2ccc(Br)cc2F)c1. The van der Waals surface area contributed by atoms with Gasteiger partial charge in [0.2, 0.25) is 0 Å². The minimum absolute atomic E-state index is 0.0589. The largest absolute Gasteiger partial charge is 0.331 e. The van der Waals surface area contributed by atoms with E-state index in [1.54, 1.807) is 6.07 Å². The van der Waals surface area contributed by atoms with E-state index in [2.05, 4.69) is 26.6 Å². The molecular weight excluding hydrogens is 397 g/mol. The highest BCUT2D eigenvalue weighted by Crippen LogP contribution is 2.27. The fourth-order valence-corrected chi connectivity index (χ4v) is 2.31. The van der Waals surface area contributed by atoms with Crippen molar-refractivity contribution in [1.29, 1.82) is 0 Å². The van der Waals surface area contributed by atoms with Gasteiger partial charge in [0.1, 0.15) is 5.82 Å². The second-order valence-corrected chi connectivity index (χ2v) is 5.86. The van der Waals surface area contributed by atoms with E-state index in [9.17, 15) is 14.5 Å². The van der Waals surface area contributed by atoms with Gasteiger partial charge in [-0.05, 0) is 36.5 Å². The van der Waals surface area contributed by atoms with Crippen LogP contribution in [0.5, 0.6) is 0 Å². The number of thiocarbonyl (C=S) groups is 1. The predicted molar refractivity (Wildman–Crippen MR) is 92.0 cm³/mol. The summed E-state index contributed by atoms with van der Waals surface area (Å²) in [7, 11) is 0. The molecule has 0 aromatic heterocycles. The quantitative estimate of drug-likeness (QED) is 0.430. The molecule has 0 saturated carbocycles. The Bertz CT molecular complexity index is 760. The second kappa shape index (κ2) is 6.99. The van der Waals surface area contributed by atoms with Gasteiger partial charge in [0.25, 0.3) is 5.69 Å². The molecule has 0 saturated heterocycles. The van der Waals surface area contributed by atoms with Crippen LogP contribution in [0.4, 0.5) is 21.5 Å². The summed E-state index contributed by atoms with van der Waals surface area (Å²) in [6.45, 7) is 0. The molecule has 0 aliphatic heterocycles. The van der Waals surface area contributed by atoms with E-state index in [0.717, 1.165) is 0 Å². The monoisotopic (exact) mass is 403 g/mol. The number of nitro benzene ring substituents is 1. The fourth-order valence-electron chi connectivity index (χ4n) is 1.59. The van der Waals surface area contributed by atoms with Crippen LogP contribution in [0, 0.1) is 15.9 Å². The number of rotatable bonds is 3. The smallest absolute Gasteiger partial charge is 0.271 e. The third-order valence-electron chi connectivity index (χ3n) is 2.59. The summed E-state index contributed by atoms with van der Waals surface area (Å²) in [4.78, 5) is 10.2. The molecule has 0 bridgehead atoms. The lowest BCUT2D eigenvalue weighted by Gasteiger charge is -2.12. The molecule has 0 heterocycles. The number of non-ortho nitro benzene ring substituents is 1. The van der Waals surface area contributed by atoms with Gasteiger partial charge in [-0.3, -0.25) is 10.1 Å². The number of halogens is 3. The first-order chi connectivity index (χ1) is 10.4. The Morgan fingerprint density at radius 3 is 2.55 bits per heavy atom. The van der Waals surface area contributed by atoms with Gasteiger partial charge in [-0.25, -0.2) is 4.39 Å². The Morgan fingerprint density at radius 2 is 1.91 bits per heavy atom. The molecule has 9 heteroatoms. The minimum Gasteiger partial charge on any atom is -0.331 e. The van der Waals surface area contributed by atoms with Gasteiger partial charge in [-0.1, -0.05) is 27.5 Å². The van der Waals surface area contributed by atoms with Crippen LogP contribution < -0.4 is 10.6 Å². The lowest BCUT2D eigenvalue weighted by atomic mass is 10.3. The number of nitro groups is 1. The second-order valence-electron chi connectivity index (χ2n) is 4.12. The van der Waals surface area contributed by atoms with Gasteiger partial charge in [0.15, 0.2) is 5.11 Å². The molecule has 2 N–H and O–H groups in total. The van der Waals surface area contributed by atoms with Gasteiger partial charge in [0.05, 0.1) is 21.3 Å². The van der Waals surface area contributed by atoms with Crippen molar-refractivity contribution in [2.45, 2.75) is 0 Å². The topological polar surface area (TPSA) is 67.2 Å². The summed E-state index contributed by atoms with van der Waals surface area (Å²) in [6, 6.07) is 8.33. The summed E-state index contributed by atoms with van der Waals surface area (Å²) in [5.74, 6) is -0.497. The van der Waals surface area contributed by atoms with Crippen molar-refractivity contribution in [2.24, 2.45) is 0 Å². The van der Waals surface area contributed by atoms with Crippen molar-refractivity contribution < 1.29 is 9.31 Å². The molecular formula is C13H8BrClFN3O2S. The van der Waals surface area contributed by atoms with Gasteiger partial charge in [-0.15, -0.1) is 0 Å². The first-order valence-electron chi connectivity index (χ1n) is 5.84. The molecule has 114 valence electrons. The Labute approximate surface area is 143 Å². The third kappa shape index (κ3) is 4.12. The third-order valence-corrected chi connectivity index (χ3v) is 3.62. The number of hydrogen-bond donors (Lipinski definition) is 2. The molecule has 2 aromatic rings. The number of anilines is 2. The van der Waals surface area contributed by atoms with Crippen LogP contribution in [-0.4, -0.2) is 10.0 Å². The lowest BCUT2D eigenvalue weighted by molar-refractivity contribution is -0.384. The van der Waals surface area contributed by atoms with E-state index in [-0.39, 0.29) is 27.2 Å². The molecule has 22 heavy (non-hydrogen) atoms. The van der Waals surface area contributed by atoms with Crippen LogP contribution >= 0.6 is 39.7 Å². The van der Waals surface area contributed by atoms with Crippen molar-refractivity contribution in [3.8, 4) is 0 Å². The van der Waals surface area contributed by atoms with Gasteiger partial charge >= 0.3 is 0 Å². The zero-order valence-corrected chi connectivity index (χ0v) is 13.9. The zero-order valence-electron chi connectivity index (χ0n) is 10.8. The first-order valence-corrected chi connectivity index (χ1v) is 7.42. The molecule has 0 amide bonds. The van der Waals surface area contributed by atoms with Crippen molar-refractivity contribution >= 4 is 61.9 Å². The maximum atomic E-state index is 13.7. The number of hydrogen-bond acceptors (Lipinski definition) is 3. The van der Waals surface area contributed by atoms with Crippen molar-refractivity contribution in [1.82, 2.24) is 0 Å². The molecule has 0 spiro atoms.